The van der Waals surface area contributed by atoms with Gasteiger partial charge in [0.1, 0.15) is 11.6 Å². The number of fused-ring (bicyclic) bond motifs is 1. The second-order valence-corrected chi connectivity index (χ2v) is 13.2. The summed E-state index contributed by atoms with van der Waals surface area (Å²) in [6, 6.07) is 6.82. The summed E-state index contributed by atoms with van der Waals surface area (Å²) in [7, 11) is 0. The van der Waals surface area contributed by atoms with E-state index in [1.807, 2.05) is 53.4 Å². The summed E-state index contributed by atoms with van der Waals surface area (Å²) < 4.78 is 32.4. The summed E-state index contributed by atoms with van der Waals surface area (Å²) in [5.74, 6) is -0.454. The maximum absolute atomic E-state index is 15.6. The fraction of sp³-hybridized carbons (Fsp3) is 0.382. The summed E-state index contributed by atoms with van der Waals surface area (Å²) in [4.78, 5) is 44.0. The van der Waals surface area contributed by atoms with Crippen molar-refractivity contribution in [2.24, 2.45) is 5.41 Å². The van der Waals surface area contributed by atoms with E-state index < -0.39 is 41.6 Å². The van der Waals surface area contributed by atoms with Crippen molar-refractivity contribution in [3.63, 3.8) is 0 Å². The number of anilines is 1. The van der Waals surface area contributed by atoms with Crippen molar-refractivity contribution in [3.05, 3.63) is 81.2 Å². The van der Waals surface area contributed by atoms with Crippen molar-refractivity contribution in [1.82, 2.24) is 24.4 Å². The molecule has 11 heteroatoms. The van der Waals surface area contributed by atoms with Gasteiger partial charge in [-0.1, -0.05) is 71.0 Å². The molecule has 2 atom stereocenters. The molecule has 1 aliphatic heterocycles. The SMILES string of the molecule is [2H]C([2H])=Cc1cccc(F)c1-c1nc2c(cc1Cl)c(N1CCN(C(=O)O)C(C(C)(C)C)[C@@H]1C)nc(=O)n2-c1c(C)ccnc1C(C)C. The molecule has 1 fully saturated rings. The van der Waals surface area contributed by atoms with Crippen molar-refractivity contribution in [2.75, 3.05) is 18.0 Å². The first-order valence-electron chi connectivity index (χ1n) is 15.8. The number of hydrogen-bond acceptors (Lipinski definition) is 6. The number of aryl methyl sites for hydroxylation is 1. The lowest BCUT2D eigenvalue weighted by Gasteiger charge is -2.51. The van der Waals surface area contributed by atoms with Crippen LogP contribution in [-0.2, 0) is 0 Å². The van der Waals surface area contributed by atoms with Crippen LogP contribution in [0.2, 0.25) is 5.02 Å². The predicted molar refractivity (Wildman–Crippen MR) is 177 cm³/mol. The third-order valence-corrected chi connectivity index (χ3v) is 8.72. The van der Waals surface area contributed by atoms with Gasteiger partial charge in [0.25, 0.3) is 0 Å². The summed E-state index contributed by atoms with van der Waals surface area (Å²) in [6.45, 7) is 13.5. The van der Waals surface area contributed by atoms with Crippen LogP contribution in [0.15, 0.2) is 47.9 Å². The van der Waals surface area contributed by atoms with E-state index in [1.54, 1.807) is 24.4 Å². The number of aromatic nitrogens is 4. The third-order valence-electron chi connectivity index (χ3n) is 8.44. The molecule has 1 amide bonds. The zero-order chi connectivity index (χ0) is 34.5. The average molecular weight is 635 g/mol. The molecule has 1 N–H and O–H groups in total. The highest BCUT2D eigenvalue weighted by molar-refractivity contribution is 6.34. The Balaban J connectivity index is 1.89. The number of hydrogen-bond donors (Lipinski definition) is 1. The molecular formula is C34H38ClFN6O3. The van der Waals surface area contributed by atoms with Gasteiger partial charge in [-0.05, 0) is 54.5 Å². The molecule has 236 valence electrons. The number of piperazine rings is 1. The molecular weight excluding hydrogens is 595 g/mol. The van der Waals surface area contributed by atoms with Crippen LogP contribution >= 0.6 is 11.6 Å². The topological polar surface area (TPSA) is 104 Å². The number of pyridine rings is 2. The molecule has 9 nitrogen and oxygen atoms in total. The van der Waals surface area contributed by atoms with Crippen molar-refractivity contribution in [3.8, 4) is 16.9 Å². The summed E-state index contributed by atoms with van der Waals surface area (Å²) in [6.07, 6.45) is 1.85. The van der Waals surface area contributed by atoms with Crippen LogP contribution in [-0.4, -0.2) is 60.8 Å². The Kier molecular flexibility index (Phi) is 7.77. The number of carboxylic acid groups (broad SMARTS) is 1. The van der Waals surface area contributed by atoms with Crippen LogP contribution < -0.4 is 10.6 Å². The molecule has 3 aromatic heterocycles. The molecule has 0 saturated carbocycles. The van der Waals surface area contributed by atoms with Crippen LogP contribution in [0.1, 0.15) is 67.0 Å². The Morgan fingerprint density at radius 2 is 1.98 bits per heavy atom. The Hall–Kier alpha value is -4.31. The zero-order valence-electron chi connectivity index (χ0n) is 28.4. The molecule has 4 heterocycles. The normalized spacial score (nSPS) is 17.8. The van der Waals surface area contributed by atoms with Gasteiger partial charge >= 0.3 is 11.8 Å². The third kappa shape index (κ3) is 5.56. The van der Waals surface area contributed by atoms with Gasteiger partial charge in [0.15, 0.2) is 5.65 Å². The van der Waals surface area contributed by atoms with E-state index in [2.05, 4.69) is 9.97 Å². The Morgan fingerprint density at radius 1 is 1.24 bits per heavy atom. The van der Waals surface area contributed by atoms with Crippen molar-refractivity contribution < 1.29 is 17.0 Å². The number of carbonyl (C=O) groups is 1. The molecule has 0 bridgehead atoms. The van der Waals surface area contributed by atoms with Gasteiger partial charge in [-0.25, -0.2) is 23.5 Å². The number of benzene rings is 1. The molecule has 4 aromatic rings. The zero-order valence-corrected chi connectivity index (χ0v) is 27.1. The Morgan fingerprint density at radius 3 is 2.62 bits per heavy atom. The largest absolute Gasteiger partial charge is 0.465 e. The Bertz CT molecular complexity index is 1970. The first kappa shape index (κ1) is 29.4. The fourth-order valence-electron chi connectivity index (χ4n) is 6.59. The van der Waals surface area contributed by atoms with Gasteiger partial charge in [-0.2, -0.15) is 4.98 Å². The van der Waals surface area contributed by atoms with E-state index in [9.17, 15) is 14.7 Å². The molecule has 1 aromatic carbocycles. The number of rotatable bonds is 5. The molecule has 0 aliphatic carbocycles. The average Bonchev–Trinajstić information content (AvgIpc) is 2.96. The van der Waals surface area contributed by atoms with Crippen molar-refractivity contribution in [2.45, 2.75) is 66.5 Å². The Labute approximate surface area is 269 Å². The molecule has 0 spiro atoms. The summed E-state index contributed by atoms with van der Waals surface area (Å²) in [5, 5.41) is 10.5. The number of amides is 1. The minimum atomic E-state index is -1.02. The van der Waals surface area contributed by atoms with Crippen molar-refractivity contribution >= 4 is 40.6 Å². The van der Waals surface area contributed by atoms with Crippen LogP contribution in [0.25, 0.3) is 34.1 Å². The highest BCUT2D eigenvalue weighted by atomic mass is 35.5. The maximum Gasteiger partial charge on any atom is 0.407 e. The smallest absolute Gasteiger partial charge is 0.407 e. The van der Waals surface area contributed by atoms with Gasteiger partial charge in [-0.15, -0.1) is 0 Å². The highest BCUT2D eigenvalue weighted by Gasteiger charge is 2.44. The van der Waals surface area contributed by atoms with Crippen LogP contribution in [0, 0.1) is 18.2 Å². The van der Waals surface area contributed by atoms with Crippen LogP contribution in [0.3, 0.4) is 0 Å². The lowest BCUT2D eigenvalue weighted by molar-refractivity contribution is 0.0562. The van der Waals surface area contributed by atoms with E-state index in [0.29, 0.717) is 16.8 Å². The molecule has 1 saturated heterocycles. The molecule has 5 rings (SSSR count). The first-order valence-corrected chi connectivity index (χ1v) is 15.2. The van der Waals surface area contributed by atoms with Crippen LogP contribution in [0.5, 0.6) is 0 Å². The minimum Gasteiger partial charge on any atom is -0.465 e. The van der Waals surface area contributed by atoms with E-state index in [1.165, 1.54) is 27.7 Å². The molecule has 0 radical (unpaired) electrons. The van der Waals surface area contributed by atoms with Gasteiger partial charge in [-0.3, -0.25) is 4.98 Å². The lowest BCUT2D eigenvalue weighted by atomic mass is 9.80. The number of halogens is 2. The number of nitrogens with zero attached hydrogens (tertiary/aromatic N) is 6. The molecule has 45 heavy (non-hydrogen) atoms. The maximum atomic E-state index is 15.6. The van der Waals surface area contributed by atoms with E-state index in [0.717, 1.165) is 5.56 Å². The van der Waals surface area contributed by atoms with E-state index in [-0.39, 0.29) is 52.3 Å². The van der Waals surface area contributed by atoms with Crippen LogP contribution in [0.4, 0.5) is 15.0 Å². The fourth-order valence-corrected chi connectivity index (χ4v) is 6.84. The van der Waals surface area contributed by atoms with Gasteiger partial charge < -0.3 is 14.9 Å². The first-order chi connectivity index (χ1) is 22.0. The standard InChI is InChI=1S/C34H38ClFN6O3/c1-9-21-11-10-12-24(36)25(21)27-23(35)17-22-30(40-15-16-41(33(44)45)29(20(40)5)34(6,7)8)39-32(43)42(31(22)38-27)28-19(4)13-14-37-26(28)18(2)3/h9-14,17-18,20,29H,1,15-16H2,2-8H3,(H,44,45)/t20-,29?/m0/s1/i1D2. The van der Waals surface area contributed by atoms with E-state index in [4.69, 9.17) is 19.3 Å². The quantitative estimate of drug-likeness (QED) is 0.245. The van der Waals surface area contributed by atoms with Gasteiger partial charge in [0.05, 0.1) is 36.3 Å². The van der Waals surface area contributed by atoms with Gasteiger partial charge in [0, 0.05) is 30.9 Å². The summed E-state index contributed by atoms with van der Waals surface area (Å²) >= 11 is 6.91. The monoisotopic (exact) mass is 634 g/mol. The van der Waals surface area contributed by atoms with Crippen molar-refractivity contribution in [1.29, 1.82) is 0 Å². The minimum absolute atomic E-state index is 0.0167. The predicted octanol–water partition coefficient (Wildman–Crippen LogP) is 7.31. The highest BCUT2D eigenvalue weighted by Crippen LogP contribution is 2.40. The molecule has 1 aliphatic rings. The summed E-state index contributed by atoms with van der Waals surface area (Å²) in [5.41, 5.74) is 1.20. The second-order valence-electron chi connectivity index (χ2n) is 12.8. The van der Waals surface area contributed by atoms with Gasteiger partial charge in [0.2, 0.25) is 0 Å². The lowest BCUT2D eigenvalue weighted by Crippen LogP contribution is -2.64. The molecule has 1 unspecified atom stereocenters. The second kappa shape index (κ2) is 11.9. The van der Waals surface area contributed by atoms with E-state index >= 15 is 4.39 Å².